The fraction of sp³-hybridized carbons (Fsp3) is 0.417. The number of aromatic nitrogens is 2. The van der Waals surface area contributed by atoms with Gasteiger partial charge in [-0.1, -0.05) is 5.16 Å². The molecule has 18 heavy (non-hydrogen) atoms. The molecule has 1 aliphatic heterocycles. The van der Waals surface area contributed by atoms with E-state index in [4.69, 9.17) is 4.52 Å². The van der Waals surface area contributed by atoms with Crippen molar-refractivity contribution >= 4 is 17.2 Å². The number of nitrogens with zero attached hydrogens (tertiary/aromatic N) is 3. The molecule has 2 aromatic rings. The number of rotatable bonds is 2. The SMILES string of the molecule is Cc1nc(C2CCCN2C(=O)c2ccsc2)no1. The van der Waals surface area contributed by atoms with Gasteiger partial charge in [0.2, 0.25) is 5.89 Å². The topological polar surface area (TPSA) is 59.2 Å². The molecule has 1 fully saturated rings. The number of hydrogen-bond donors (Lipinski definition) is 0. The Morgan fingerprint density at radius 1 is 1.61 bits per heavy atom. The second-order valence-electron chi connectivity index (χ2n) is 4.34. The van der Waals surface area contributed by atoms with Crippen LogP contribution < -0.4 is 0 Å². The molecule has 0 spiro atoms. The maximum absolute atomic E-state index is 12.3. The summed E-state index contributed by atoms with van der Waals surface area (Å²) >= 11 is 1.53. The highest BCUT2D eigenvalue weighted by molar-refractivity contribution is 7.08. The largest absolute Gasteiger partial charge is 0.340 e. The highest BCUT2D eigenvalue weighted by Crippen LogP contribution is 2.31. The van der Waals surface area contributed by atoms with Crippen LogP contribution in [0.4, 0.5) is 0 Å². The van der Waals surface area contributed by atoms with Gasteiger partial charge in [-0.05, 0) is 24.3 Å². The predicted octanol–water partition coefficient (Wildman–Crippen LogP) is 2.42. The van der Waals surface area contributed by atoms with Crippen molar-refractivity contribution in [1.82, 2.24) is 15.0 Å². The second-order valence-corrected chi connectivity index (χ2v) is 5.12. The van der Waals surface area contributed by atoms with Crippen molar-refractivity contribution in [1.29, 1.82) is 0 Å². The summed E-state index contributed by atoms with van der Waals surface area (Å²) in [4.78, 5) is 18.4. The summed E-state index contributed by atoms with van der Waals surface area (Å²) in [5, 5.41) is 7.72. The van der Waals surface area contributed by atoms with E-state index in [9.17, 15) is 4.79 Å². The van der Waals surface area contributed by atoms with Gasteiger partial charge in [0.15, 0.2) is 5.82 Å². The third-order valence-electron chi connectivity index (χ3n) is 3.12. The Hall–Kier alpha value is -1.69. The maximum Gasteiger partial charge on any atom is 0.255 e. The summed E-state index contributed by atoms with van der Waals surface area (Å²) in [5.41, 5.74) is 0.743. The quantitative estimate of drug-likeness (QED) is 0.835. The molecule has 1 unspecified atom stereocenters. The van der Waals surface area contributed by atoms with Crippen LogP contribution in [0.1, 0.15) is 41.0 Å². The van der Waals surface area contributed by atoms with Crippen molar-refractivity contribution < 1.29 is 9.32 Å². The number of aryl methyl sites for hydroxylation is 1. The zero-order valence-corrected chi connectivity index (χ0v) is 10.8. The molecule has 1 aliphatic rings. The predicted molar refractivity (Wildman–Crippen MR) is 66.4 cm³/mol. The zero-order chi connectivity index (χ0) is 12.5. The minimum Gasteiger partial charge on any atom is -0.340 e. The molecule has 0 saturated carbocycles. The number of carbonyl (C=O) groups excluding carboxylic acids is 1. The highest BCUT2D eigenvalue weighted by atomic mass is 32.1. The lowest BCUT2D eigenvalue weighted by Crippen LogP contribution is -2.30. The molecule has 3 heterocycles. The van der Waals surface area contributed by atoms with Gasteiger partial charge in [0.1, 0.15) is 0 Å². The molecule has 3 rings (SSSR count). The number of amides is 1. The van der Waals surface area contributed by atoms with Gasteiger partial charge in [0, 0.05) is 18.8 Å². The lowest BCUT2D eigenvalue weighted by molar-refractivity contribution is 0.0729. The summed E-state index contributed by atoms with van der Waals surface area (Å²) < 4.78 is 5.00. The summed E-state index contributed by atoms with van der Waals surface area (Å²) in [6.45, 7) is 2.52. The van der Waals surface area contributed by atoms with Crippen LogP contribution in [0, 0.1) is 6.92 Å². The number of hydrogen-bond acceptors (Lipinski definition) is 5. The molecule has 94 valence electrons. The van der Waals surface area contributed by atoms with E-state index in [2.05, 4.69) is 10.1 Å². The molecule has 0 bridgehead atoms. The molecule has 0 aromatic carbocycles. The van der Waals surface area contributed by atoms with Gasteiger partial charge >= 0.3 is 0 Å². The van der Waals surface area contributed by atoms with Crippen LogP contribution in [0.2, 0.25) is 0 Å². The summed E-state index contributed by atoms with van der Waals surface area (Å²) in [5.74, 6) is 1.22. The molecule has 0 aliphatic carbocycles. The van der Waals surface area contributed by atoms with E-state index in [0.717, 1.165) is 24.9 Å². The first-order valence-electron chi connectivity index (χ1n) is 5.89. The number of thiophene rings is 1. The molecular formula is C12H13N3O2S. The zero-order valence-electron chi connectivity index (χ0n) is 10.00. The van der Waals surface area contributed by atoms with E-state index in [1.807, 2.05) is 21.7 Å². The standard InChI is InChI=1S/C12H13N3O2S/c1-8-13-11(14-17-8)10-3-2-5-15(10)12(16)9-4-6-18-7-9/h4,6-7,10H,2-3,5H2,1H3. The average Bonchev–Trinajstić information content (AvgIpc) is 3.09. The summed E-state index contributed by atoms with van der Waals surface area (Å²) in [7, 11) is 0. The Morgan fingerprint density at radius 3 is 3.17 bits per heavy atom. The fourth-order valence-electron chi connectivity index (χ4n) is 2.28. The molecular weight excluding hydrogens is 250 g/mol. The first-order chi connectivity index (χ1) is 8.75. The van der Waals surface area contributed by atoms with Gasteiger partial charge in [0.05, 0.1) is 11.6 Å². The monoisotopic (exact) mass is 263 g/mol. The van der Waals surface area contributed by atoms with Crippen LogP contribution in [-0.2, 0) is 0 Å². The van der Waals surface area contributed by atoms with E-state index in [1.165, 1.54) is 11.3 Å². The van der Waals surface area contributed by atoms with Crippen molar-refractivity contribution in [2.24, 2.45) is 0 Å². The van der Waals surface area contributed by atoms with E-state index in [0.29, 0.717) is 11.7 Å². The Labute approximate surface area is 108 Å². The Morgan fingerprint density at radius 2 is 2.50 bits per heavy atom. The van der Waals surface area contributed by atoms with Gasteiger partial charge < -0.3 is 9.42 Å². The van der Waals surface area contributed by atoms with Crippen LogP contribution >= 0.6 is 11.3 Å². The van der Waals surface area contributed by atoms with Crippen LogP contribution in [0.5, 0.6) is 0 Å². The molecule has 1 amide bonds. The van der Waals surface area contributed by atoms with Crippen molar-refractivity contribution in [3.8, 4) is 0 Å². The Bertz CT molecular complexity index is 549. The van der Waals surface area contributed by atoms with E-state index >= 15 is 0 Å². The van der Waals surface area contributed by atoms with Gasteiger partial charge in [-0.3, -0.25) is 4.79 Å². The molecule has 1 atom stereocenters. The molecule has 2 aromatic heterocycles. The molecule has 6 heteroatoms. The molecule has 0 N–H and O–H groups in total. The van der Waals surface area contributed by atoms with E-state index in [-0.39, 0.29) is 11.9 Å². The van der Waals surface area contributed by atoms with Gasteiger partial charge in [-0.2, -0.15) is 16.3 Å². The van der Waals surface area contributed by atoms with E-state index < -0.39 is 0 Å². The lowest BCUT2D eigenvalue weighted by Gasteiger charge is -2.21. The van der Waals surface area contributed by atoms with Crippen LogP contribution in [-0.4, -0.2) is 27.5 Å². The number of carbonyl (C=O) groups is 1. The molecule has 0 radical (unpaired) electrons. The van der Waals surface area contributed by atoms with Crippen molar-refractivity contribution in [2.45, 2.75) is 25.8 Å². The van der Waals surface area contributed by atoms with Crippen molar-refractivity contribution in [2.75, 3.05) is 6.54 Å². The Balaban J connectivity index is 1.85. The lowest BCUT2D eigenvalue weighted by atomic mass is 10.2. The highest BCUT2D eigenvalue weighted by Gasteiger charge is 2.33. The van der Waals surface area contributed by atoms with Gasteiger partial charge in [-0.25, -0.2) is 0 Å². The van der Waals surface area contributed by atoms with Gasteiger partial charge in [0.25, 0.3) is 5.91 Å². The van der Waals surface area contributed by atoms with Crippen LogP contribution in [0.15, 0.2) is 21.3 Å². The average molecular weight is 263 g/mol. The van der Waals surface area contributed by atoms with E-state index in [1.54, 1.807) is 6.92 Å². The maximum atomic E-state index is 12.3. The van der Waals surface area contributed by atoms with Crippen LogP contribution in [0.3, 0.4) is 0 Å². The first kappa shape index (κ1) is 11.4. The summed E-state index contributed by atoms with van der Waals surface area (Å²) in [6, 6.07) is 1.80. The van der Waals surface area contributed by atoms with Gasteiger partial charge in [-0.15, -0.1) is 0 Å². The molecule has 5 nitrogen and oxygen atoms in total. The number of likely N-dealkylation sites (tertiary alicyclic amines) is 1. The first-order valence-corrected chi connectivity index (χ1v) is 6.83. The minimum absolute atomic E-state index is 0.0464. The van der Waals surface area contributed by atoms with Crippen LogP contribution in [0.25, 0.3) is 0 Å². The third-order valence-corrected chi connectivity index (χ3v) is 3.81. The Kier molecular flexibility index (Phi) is 2.87. The van der Waals surface area contributed by atoms with Crippen molar-refractivity contribution in [3.63, 3.8) is 0 Å². The molecule has 1 saturated heterocycles. The smallest absolute Gasteiger partial charge is 0.255 e. The minimum atomic E-state index is -0.0464. The fourth-order valence-corrected chi connectivity index (χ4v) is 2.91. The normalized spacial score (nSPS) is 19.4. The second kappa shape index (κ2) is 4.53. The summed E-state index contributed by atoms with van der Waals surface area (Å²) in [6.07, 6.45) is 1.88. The third kappa shape index (κ3) is 1.92. The van der Waals surface area contributed by atoms with Crippen molar-refractivity contribution in [3.05, 3.63) is 34.1 Å².